The van der Waals surface area contributed by atoms with Crippen molar-refractivity contribution in [3.05, 3.63) is 18.0 Å². The minimum absolute atomic E-state index is 0.626. The number of morpholine rings is 1. The van der Waals surface area contributed by atoms with Gasteiger partial charge in [0, 0.05) is 19.3 Å². The van der Waals surface area contributed by atoms with Crippen molar-refractivity contribution in [1.82, 2.24) is 4.98 Å². The number of carbonyl (C=O) groups is 1. The van der Waals surface area contributed by atoms with Gasteiger partial charge in [0.15, 0.2) is 6.29 Å². The van der Waals surface area contributed by atoms with Gasteiger partial charge in [0.1, 0.15) is 0 Å². The highest BCUT2D eigenvalue weighted by Gasteiger charge is 2.11. The second-order valence-corrected chi connectivity index (χ2v) is 3.03. The van der Waals surface area contributed by atoms with Gasteiger partial charge in [-0.25, -0.2) is 0 Å². The number of carbonyl (C=O) groups excluding carboxylic acids is 1. The van der Waals surface area contributed by atoms with Crippen LogP contribution in [-0.2, 0) is 4.74 Å². The Hall–Kier alpha value is -1.29. The molecule has 0 bridgehead atoms. The second-order valence-electron chi connectivity index (χ2n) is 3.03. The van der Waals surface area contributed by atoms with E-state index >= 15 is 0 Å². The number of nitrogens with zero attached hydrogens (tertiary/aromatic N) is 1. The van der Waals surface area contributed by atoms with E-state index in [-0.39, 0.29) is 0 Å². The van der Waals surface area contributed by atoms with Crippen LogP contribution in [0.25, 0.3) is 0 Å². The zero-order chi connectivity index (χ0) is 9.10. The summed E-state index contributed by atoms with van der Waals surface area (Å²) in [5.74, 6) is 0. The highest BCUT2D eigenvalue weighted by atomic mass is 16.5. The van der Waals surface area contributed by atoms with E-state index in [9.17, 15) is 4.79 Å². The molecule has 2 rings (SSSR count). The summed E-state index contributed by atoms with van der Waals surface area (Å²) in [6, 6.07) is 1.86. The third-order valence-corrected chi connectivity index (χ3v) is 2.19. The number of aldehydes is 1. The Kier molecular flexibility index (Phi) is 2.31. The molecule has 1 aromatic rings. The van der Waals surface area contributed by atoms with Crippen molar-refractivity contribution < 1.29 is 9.53 Å². The van der Waals surface area contributed by atoms with Gasteiger partial charge in [-0.05, 0) is 6.07 Å². The number of ether oxygens (including phenoxy) is 1. The van der Waals surface area contributed by atoms with E-state index in [0.29, 0.717) is 5.69 Å². The Balaban J connectivity index is 2.09. The van der Waals surface area contributed by atoms with E-state index in [2.05, 4.69) is 9.88 Å². The van der Waals surface area contributed by atoms with Gasteiger partial charge >= 0.3 is 0 Å². The Labute approximate surface area is 76.5 Å². The first-order valence-electron chi connectivity index (χ1n) is 4.36. The topological polar surface area (TPSA) is 45.3 Å². The van der Waals surface area contributed by atoms with Crippen molar-refractivity contribution in [2.75, 3.05) is 31.2 Å². The smallest absolute Gasteiger partial charge is 0.166 e. The summed E-state index contributed by atoms with van der Waals surface area (Å²) in [5.41, 5.74) is 1.70. The summed E-state index contributed by atoms with van der Waals surface area (Å²) in [6.07, 6.45) is 2.68. The van der Waals surface area contributed by atoms with E-state index in [1.165, 1.54) is 0 Å². The molecule has 1 aliphatic rings. The molecule has 0 aromatic carbocycles. The predicted molar refractivity (Wildman–Crippen MR) is 49.2 cm³/mol. The molecule has 70 valence electrons. The van der Waals surface area contributed by atoms with Crippen LogP contribution in [0.1, 0.15) is 10.5 Å². The fraction of sp³-hybridized carbons (Fsp3) is 0.444. The lowest BCUT2D eigenvalue weighted by Crippen LogP contribution is -2.35. The maximum Gasteiger partial charge on any atom is 0.166 e. The first-order chi connectivity index (χ1) is 6.40. The first-order valence-corrected chi connectivity index (χ1v) is 4.36. The van der Waals surface area contributed by atoms with Crippen LogP contribution in [0.2, 0.25) is 0 Å². The zero-order valence-corrected chi connectivity index (χ0v) is 7.32. The molecule has 1 aromatic heterocycles. The molecule has 0 atom stereocenters. The van der Waals surface area contributed by atoms with Crippen molar-refractivity contribution >= 4 is 12.0 Å². The Morgan fingerprint density at radius 2 is 2.23 bits per heavy atom. The SMILES string of the molecule is O=Cc1cc(N2CCOCC2)c[nH]1. The van der Waals surface area contributed by atoms with Gasteiger partial charge in [-0.2, -0.15) is 0 Å². The summed E-state index contributed by atoms with van der Waals surface area (Å²) >= 11 is 0. The highest BCUT2D eigenvalue weighted by Crippen LogP contribution is 2.15. The van der Waals surface area contributed by atoms with E-state index in [4.69, 9.17) is 4.74 Å². The van der Waals surface area contributed by atoms with Crippen molar-refractivity contribution in [2.45, 2.75) is 0 Å². The molecule has 1 fully saturated rings. The number of aromatic nitrogens is 1. The van der Waals surface area contributed by atoms with E-state index in [0.717, 1.165) is 38.3 Å². The number of hydrogen-bond donors (Lipinski definition) is 1. The van der Waals surface area contributed by atoms with Crippen molar-refractivity contribution in [3.8, 4) is 0 Å². The third-order valence-electron chi connectivity index (χ3n) is 2.19. The normalized spacial score (nSPS) is 17.4. The van der Waals surface area contributed by atoms with Crippen LogP contribution in [0.5, 0.6) is 0 Å². The summed E-state index contributed by atoms with van der Waals surface area (Å²) in [5, 5.41) is 0. The lowest BCUT2D eigenvalue weighted by Gasteiger charge is -2.27. The highest BCUT2D eigenvalue weighted by molar-refractivity contribution is 5.74. The molecule has 0 saturated carbocycles. The van der Waals surface area contributed by atoms with E-state index in [1.54, 1.807) is 0 Å². The average molecular weight is 180 g/mol. The molecule has 0 unspecified atom stereocenters. The summed E-state index contributed by atoms with van der Waals surface area (Å²) in [6.45, 7) is 3.33. The Morgan fingerprint density at radius 1 is 1.46 bits per heavy atom. The monoisotopic (exact) mass is 180 g/mol. The molecule has 1 saturated heterocycles. The molecular formula is C9H12N2O2. The van der Waals surface area contributed by atoms with Crippen LogP contribution in [0.3, 0.4) is 0 Å². The molecule has 13 heavy (non-hydrogen) atoms. The molecule has 0 aliphatic carbocycles. The average Bonchev–Trinajstić information content (AvgIpc) is 2.67. The van der Waals surface area contributed by atoms with Gasteiger partial charge in [-0.3, -0.25) is 4.79 Å². The van der Waals surface area contributed by atoms with E-state index in [1.807, 2.05) is 12.3 Å². The van der Waals surface area contributed by atoms with Gasteiger partial charge in [-0.15, -0.1) is 0 Å². The first kappa shape index (κ1) is 8.31. The summed E-state index contributed by atoms with van der Waals surface area (Å²) in [4.78, 5) is 15.5. The van der Waals surface area contributed by atoms with Crippen molar-refractivity contribution in [2.24, 2.45) is 0 Å². The summed E-state index contributed by atoms with van der Waals surface area (Å²) < 4.78 is 5.23. The van der Waals surface area contributed by atoms with E-state index < -0.39 is 0 Å². The molecule has 1 N–H and O–H groups in total. The minimum atomic E-state index is 0.626. The molecule has 1 aliphatic heterocycles. The van der Waals surface area contributed by atoms with Crippen LogP contribution in [-0.4, -0.2) is 37.6 Å². The molecule has 2 heterocycles. The number of anilines is 1. The maximum atomic E-state index is 10.4. The van der Waals surface area contributed by atoms with Gasteiger partial charge < -0.3 is 14.6 Å². The number of nitrogens with one attached hydrogen (secondary N) is 1. The van der Waals surface area contributed by atoms with Crippen molar-refractivity contribution in [1.29, 1.82) is 0 Å². The van der Waals surface area contributed by atoms with Crippen LogP contribution < -0.4 is 4.90 Å². The fourth-order valence-electron chi connectivity index (χ4n) is 1.47. The number of H-pyrrole nitrogens is 1. The van der Waals surface area contributed by atoms with Gasteiger partial charge in [-0.1, -0.05) is 0 Å². The van der Waals surface area contributed by atoms with Gasteiger partial charge in [0.25, 0.3) is 0 Å². The summed E-state index contributed by atoms with van der Waals surface area (Å²) in [7, 11) is 0. The standard InChI is InChI=1S/C9H12N2O2/c12-7-8-5-9(6-10-8)11-1-3-13-4-2-11/h5-7,10H,1-4H2. The third kappa shape index (κ3) is 1.72. The lowest BCUT2D eigenvalue weighted by molar-refractivity contribution is 0.111. The van der Waals surface area contributed by atoms with Crippen LogP contribution in [0.4, 0.5) is 5.69 Å². The van der Waals surface area contributed by atoms with Crippen LogP contribution in [0.15, 0.2) is 12.3 Å². The maximum absolute atomic E-state index is 10.4. The molecular weight excluding hydrogens is 168 g/mol. The molecule has 0 spiro atoms. The van der Waals surface area contributed by atoms with Crippen molar-refractivity contribution in [3.63, 3.8) is 0 Å². The lowest BCUT2D eigenvalue weighted by atomic mass is 10.3. The Bertz CT molecular complexity index is 290. The Morgan fingerprint density at radius 3 is 2.85 bits per heavy atom. The molecule has 4 nitrogen and oxygen atoms in total. The molecule has 0 amide bonds. The minimum Gasteiger partial charge on any atom is -0.378 e. The number of aromatic amines is 1. The molecule has 0 radical (unpaired) electrons. The number of hydrogen-bond acceptors (Lipinski definition) is 3. The predicted octanol–water partition coefficient (Wildman–Crippen LogP) is 0.664. The van der Waals surface area contributed by atoms with Crippen LogP contribution >= 0.6 is 0 Å². The van der Waals surface area contributed by atoms with Gasteiger partial charge in [0.2, 0.25) is 0 Å². The van der Waals surface area contributed by atoms with Gasteiger partial charge in [0.05, 0.1) is 24.6 Å². The van der Waals surface area contributed by atoms with Crippen LogP contribution in [0, 0.1) is 0 Å². The quantitative estimate of drug-likeness (QED) is 0.680. The second kappa shape index (κ2) is 3.62. The largest absolute Gasteiger partial charge is 0.378 e. The number of rotatable bonds is 2. The fourth-order valence-corrected chi connectivity index (χ4v) is 1.47. The molecule has 4 heteroatoms. The zero-order valence-electron chi connectivity index (χ0n) is 7.32.